The quantitative estimate of drug-likeness (QED) is 0.696. The SMILES string of the molecule is CC(=O)NC(CC(=O)Nc1ccc(CC(=O)O)c(F)c1)c1ccc(C)cc1. The molecule has 0 saturated heterocycles. The first-order valence-corrected chi connectivity index (χ1v) is 8.38. The second-order valence-corrected chi connectivity index (χ2v) is 6.29. The van der Waals surface area contributed by atoms with Crippen molar-refractivity contribution in [2.45, 2.75) is 32.7 Å². The maximum atomic E-state index is 13.9. The van der Waals surface area contributed by atoms with Crippen LogP contribution in [0.3, 0.4) is 0 Å². The van der Waals surface area contributed by atoms with Crippen molar-refractivity contribution in [3.8, 4) is 0 Å². The number of carboxylic acid groups (broad SMARTS) is 1. The molecule has 0 aromatic heterocycles. The van der Waals surface area contributed by atoms with Crippen LogP contribution >= 0.6 is 0 Å². The molecule has 0 saturated carbocycles. The standard InChI is InChI=1S/C20H21FN2O4/c1-12-3-5-14(6-4-12)18(22-13(2)24)11-19(25)23-16-8-7-15(9-20(26)27)17(21)10-16/h3-8,10,18H,9,11H2,1-2H3,(H,22,24)(H,23,25)(H,26,27). The molecule has 2 amide bonds. The minimum absolute atomic E-state index is 0.0266. The minimum Gasteiger partial charge on any atom is -0.481 e. The average molecular weight is 372 g/mol. The van der Waals surface area contributed by atoms with Crippen LogP contribution in [0.2, 0.25) is 0 Å². The lowest BCUT2D eigenvalue weighted by Gasteiger charge is -2.18. The van der Waals surface area contributed by atoms with Crippen molar-refractivity contribution in [1.82, 2.24) is 5.32 Å². The third kappa shape index (κ3) is 6.22. The highest BCUT2D eigenvalue weighted by Crippen LogP contribution is 2.20. The van der Waals surface area contributed by atoms with Crippen LogP contribution in [-0.2, 0) is 20.8 Å². The minimum atomic E-state index is -1.14. The van der Waals surface area contributed by atoms with Crippen molar-refractivity contribution in [2.75, 3.05) is 5.32 Å². The summed E-state index contributed by atoms with van der Waals surface area (Å²) >= 11 is 0. The third-order valence-corrected chi connectivity index (χ3v) is 3.93. The Hall–Kier alpha value is -3.22. The fourth-order valence-electron chi connectivity index (χ4n) is 2.63. The molecule has 0 aliphatic heterocycles. The molecule has 0 aliphatic rings. The van der Waals surface area contributed by atoms with Crippen LogP contribution in [0.5, 0.6) is 0 Å². The molecular weight excluding hydrogens is 351 g/mol. The first kappa shape index (κ1) is 20.1. The van der Waals surface area contributed by atoms with Crippen molar-refractivity contribution in [3.63, 3.8) is 0 Å². The van der Waals surface area contributed by atoms with Crippen LogP contribution < -0.4 is 10.6 Å². The van der Waals surface area contributed by atoms with Gasteiger partial charge in [-0.2, -0.15) is 0 Å². The van der Waals surface area contributed by atoms with Gasteiger partial charge in [0.2, 0.25) is 11.8 Å². The van der Waals surface area contributed by atoms with Crippen LogP contribution in [0.4, 0.5) is 10.1 Å². The topological polar surface area (TPSA) is 95.5 Å². The molecule has 2 aromatic rings. The molecule has 27 heavy (non-hydrogen) atoms. The van der Waals surface area contributed by atoms with Gasteiger partial charge in [0.15, 0.2) is 0 Å². The van der Waals surface area contributed by atoms with Crippen LogP contribution in [0.15, 0.2) is 42.5 Å². The first-order valence-electron chi connectivity index (χ1n) is 8.38. The second kappa shape index (κ2) is 8.93. The van der Waals surface area contributed by atoms with E-state index in [2.05, 4.69) is 10.6 Å². The monoisotopic (exact) mass is 372 g/mol. The van der Waals surface area contributed by atoms with Gasteiger partial charge >= 0.3 is 5.97 Å². The molecular formula is C20H21FN2O4. The molecule has 0 radical (unpaired) electrons. The van der Waals surface area contributed by atoms with Gasteiger partial charge in [0, 0.05) is 12.6 Å². The van der Waals surface area contributed by atoms with Gasteiger partial charge in [0.05, 0.1) is 18.9 Å². The lowest BCUT2D eigenvalue weighted by Crippen LogP contribution is -2.29. The Labute approximate surface area is 156 Å². The lowest BCUT2D eigenvalue weighted by atomic mass is 10.0. The number of aryl methyl sites for hydroxylation is 1. The summed E-state index contributed by atoms with van der Waals surface area (Å²) in [5, 5.41) is 14.0. The highest BCUT2D eigenvalue weighted by Gasteiger charge is 2.18. The molecule has 6 nitrogen and oxygen atoms in total. The number of hydrogen-bond acceptors (Lipinski definition) is 3. The molecule has 7 heteroatoms. The number of hydrogen-bond donors (Lipinski definition) is 3. The van der Waals surface area contributed by atoms with Gasteiger partial charge in [-0.25, -0.2) is 4.39 Å². The zero-order valence-corrected chi connectivity index (χ0v) is 15.1. The number of carbonyl (C=O) groups is 3. The van der Waals surface area contributed by atoms with E-state index in [4.69, 9.17) is 5.11 Å². The number of carboxylic acids is 1. The largest absolute Gasteiger partial charge is 0.481 e. The fourth-order valence-corrected chi connectivity index (χ4v) is 2.63. The molecule has 0 heterocycles. The molecule has 1 unspecified atom stereocenters. The number of rotatable bonds is 7. The highest BCUT2D eigenvalue weighted by atomic mass is 19.1. The van der Waals surface area contributed by atoms with Crippen LogP contribution in [0.25, 0.3) is 0 Å². The number of halogens is 1. The van der Waals surface area contributed by atoms with E-state index in [9.17, 15) is 18.8 Å². The van der Waals surface area contributed by atoms with Gasteiger partial charge in [-0.05, 0) is 30.2 Å². The van der Waals surface area contributed by atoms with E-state index in [1.807, 2.05) is 31.2 Å². The number of anilines is 1. The average Bonchev–Trinajstić information content (AvgIpc) is 2.56. The van der Waals surface area contributed by atoms with E-state index in [-0.39, 0.29) is 23.6 Å². The molecule has 2 aromatic carbocycles. The second-order valence-electron chi connectivity index (χ2n) is 6.29. The van der Waals surface area contributed by atoms with Gasteiger partial charge in [0.25, 0.3) is 0 Å². The van der Waals surface area contributed by atoms with Gasteiger partial charge in [-0.1, -0.05) is 35.9 Å². The fraction of sp³-hybridized carbons (Fsp3) is 0.250. The van der Waals surface area contributed by atoms with Gasteiger partial charge in [-0.15, -0.1) is 0 Å². The number of benzene rings is 2. The number of nitrogens with one attached hydrogen (secondary N) is 2. The predicted octanol–water partition coefficient (Wildman–Crippen LogP) is 2.97. The molecule has 2 rings (SSSR count). The molecule has 0 bridgehead atoms. The van der Waals surface area contributed by atoms with Crippen molar-refractivity contribution in [2.24, 2.45) is 0 Å². The van der Waals surface area contributed by atoms with E-state index in [0.29, 0.717) is 0 Å². The van der Waals surface area contributed by atoms with E-state index < -0.39 is 30.2 Å². The summed E-state index contributed by atoms with van der Waals surface area (Å²) < 4.78 is 13.9. The Bertz CT molecular complexity index is 850. The van der Waals surface area contributed by atoms with Crippen molar-refractivity contribution >= 4 is 23.5 Å². The number of carbonyl (C=O) groups excluding carboxylic acids is 2. The van der Waals surface area contributed by atoms with Crippen molar-refractivity contribution in [3.05, 3.63) is 65.0 Å². The Morgan fingerprint density at radius 1 is 1.11 bits per heavy atom. The van der Waals surface area contributed by atoms with Crippen molar-refractivity contribution < 1.29 is 23.9 Å². The smallest absolute Gasteiger partial charge is 0.307 e. The Morgan fingerprint density at radius 2 is 1.78 bits per heavy atom. The molecule has 0 aliphatic carbocycles. The van der Waals surface area contributed by atoms with Gasteiger partial charge in [0.1, 0.15) is 5.82 Å². The summed E-state index contributed by atoms with van der Waals surface area (Å²) in [7, 11) is 0. The summed E-state index contributed by atoms with van der Waals surface area (Å²) in [5.41, 5.74) is 2.10. The van der Waals surface area contributed by atoms with E-state index in [0.717, 1.165) is 17.2 Å². The van der Waals surface area contributed by atoms with Crippen molar-refractivity contribution in [1.29, 1.82) is 0 Å². The first-order chi connectivity index (χ1) is 12.7. The molecule has 1 atom stereocenters. The molecule has 0 fully saturated rings. The molecule has 142 valence electrons. The zero-order chi connectivity index (χ0) is 20.0. The predicted molar refractivity (Wildman–Crippen MR) is 98.7 cm³/mol. The third-order valence-electron chi connectivity index (χ3n) is 3.93. The van der Waals surface area contributed by atoms with Crippen LogP contribution in [0.1, 0.15) is 36.1 Å². The highest BCUT2D eigenvalue weighted by molar-refractivity contribution is 5.91. The maximum Gasteiger partial charge on any atom is 0.307 e. The summed E-state index contributed by atoms with van der Waals surface area (Å²) in [6.07, 6.45) is -0.459. The summed E-state index contributed by atoms with van der Waals surface area (Å²) in [5.74, 6) is -2.51. The molecule has 3 N–H and O–H groups in total. The maximum absolute atomic E-state index is 13.9. The normalized spacial score (nSPS) is 11.5. The van der Waals surface area contributed by atoms with Gasteiger partial charge < -0.3 is 15.7 Å². The number of amides is 2. The summed E-state index contributed by atoms with van der Waals surface area (Å²) in [6, 6.07) is 10.8. The zero-order valence-electron chi connectivity index (χ0n) is 15.1. The number of aliphatic carboxylic acids is 1. The van der Waals surface area contributed by atoms with E-state index >= 15 is 0 Å². The van der Waals surface area contributed by atoms with Crippen LogP contribution in [-0.4, -0.2) is 22.9 Å². The lowest BCUT2D eigenvalue weighted by molar-refractivity contribution is -0.136. The molecule has 0 spiro atoms. The summed E-state index contributed by atoms with van der Waals surface area (Å²) in [4.78, 5) is 34.5. The Morgan fingerprint density at radius 3 is 2.33 bits per heavy atom. The van der Waals surface area contributed by atoms with Gasteiger partial charge in [-0.3, -0.25) is 14.4 Å². The Kier molecular flexibility index (Phi) is 6.65. The Balaban J connectivity index is 2.09. The summed E-state index contributed by atoms with van der Waals surface area (Å²) in [6.45, 7) is 3.31. The van der Waals surface area contributed by atoms with Crippen LogP contribution in [0, 0.1) is 12.7 Å². The van der Waals surface area contributed by atoms with E-state index in [1.54, 1.807) is 0 Å². The van der Waals surface area contributed by atoms with E-state index in [1.165, 1.54) is 19.1 Å².